The first-order valence-electron chi connectivity index (χ1n) is 8.96. The summed E-state index contributed by atoms with van der Waals surface area (Å²) in [6.45, 7) is 3.41. The number of nitrogens with one attached hydrogen (secondary N) is 2. The Morgan fingerprint density at radius 2 is 1.61 bits per heavy atom. The fourth-order valence-corrected chi connectivity index (χ4v) is 3.43. The van der Waals surface area contributed by atoms with E-state index in [-0.39, 0.29) is 23.3 Å². The molecular weight excluding hydrogens is 378 g/mol. The van der Waals surface area contributed by atoms with Gasteiger partial charge in [-0.1, -0.05) is 26.0 Å². The van der Waals surface area contributed by atoms with Gasteiger partial charge in [-0.3, -0.25) is 4.79 Å². The standard InChI is InChI=1S/C20H27N3O4S/c1-14(2)20(25)22-16-7-11-18(12-8-16)28(26,27)21-13-19(24)15-5-9-17(10-6-15)23(3)4/h5-12,14,19,21,24H,13H2,1-4H3,(H,22,25). The molecule has 3 N–H and O–H groups in total. The van der Waals surface area contributed by atoms with E-state index in [1.807, 2.05) is 31.1 Å². The summed E-state index contributed by atoms with van der Waals surface area (Å²) in [5, 5.41) is 13.0. The van der Waals surface area contributed by atoms with Crippen LogP contribution in [-0.2, 0) is 14.8 Å². The van der Waals surface area contributed by atoms with Gasteiger partial charge in [-0.2, -0.15) is 0 Å². The number of hydrogen-bond donors (Lipinski definition) is 3. The molecule has 8 heteroatoms. The Morgan fingerprint density at radius 1 is 1.04 bits per heavy atom. The Hall–Kier alpha value is -2.42. The lowest BCUT2D eigenvalue weighted by molar-refractivity contribution is -0.118. The molecule has 0 aliphatic rings. The zero-order valence-corrected chi connectivity index (χ0v) is 17.3. The van der Waals surface area contributed by atoms with Gasteiger partial charge >= 0.3 is 0 Å². The second-order valence-corrected chi connectivity index (χ2v) is 8.79. The van der Waals surface area contributed by atoms with Crippen molar-refractivity contribution in [3.05, 3.63) is 54.1 Å². The largest absolute Gasteiger partial charge is 0.387 e. The van der Waals surface area contributed by atoms with E-state index in [2.05, 4.69) is 10.0 Å². The van der Waals surface area contributed by atoms with Crippen molar-refractivity contribution in [2.75, 3.05) is 30.9 Å². The summed E-state index contributed by atoms with van der Waals surface area (Å²) in [4.78, 5) is 13.7. The summed E-state index contributed by atoms with van der Waals surface area (Å²) in [6.07, 6.45) is -0.962. The first-order valence-corrected chi connectivity index (χ1v) is 10.4. The zero-order valence-electron chi connectivity index (χ0n) is 16.5. The van der Waals surface area contributed by atoms with Crippen LogP contribution in [0.1, 0.15) is 25.5 Å². The molecule has 2 aromatic carbocycles. The number of aliphatic hydroxyl groups excluding tert-OH is 1. The van der Waals surface area contributed by atoms with E-state index < -0.39 is 16.1 Å². The minimum Gasteiger partial charge on any atom is -0.387 e. The maximum atomic E-state index is 12.4. The topological polar surface area (TPSA) is 98.7 Å². The van der Waals surface area contributed by atoms with Gasteiger partial charge in [0, 0.05) is 37.9 Å². The van der Waals surface area contributed by atoms with Gasteiger partial charge in [-0.15, -0.1) is 0 Å². The van der Waals surface area contributed by atoms with E-state index in [1.54, 1.807) is 26.0 Å². The van der Waals surface area contributed by atoms with Crippen LogP contribution >= 0.6 is 0 Å². The maximum Gasteiger partial charge on any atom is 0.240 e. The molecule has 0 saturated carbocycles. The van der Waals surface area contributed by atoms with Crippen molar-refractivity contribution in [3.8, 4) is 0 Å². The fraction of sp³-hybridized carbons (Fsp3) is 0.350. The van der Waals surface area contributed by atoms with Crippen LogP contribution in [0.25, 0.3) is 0 Å². The molecule has 1 unspecified atom stereocenters. The van der Waals surface area contributed by atoms with E-state index in [4.69, 9.17) is 0 Å². The smallest absolute Gasteiger partial charge is 0.240 e. The molecule has 0 aliphatic carbocycles. The normalized spacial score (nSPS) is 12.6. The van der Waals surface area contributed by atoms with Gasteiger partial charge in [0.15, 0.2) is 0 Å². The van der Waals surface area contributed by atoms with Crippen molar-refractivity contribution in [2.45, 2.75) is 24.8 Å². The Bertz CT molecular complexity index is 892. The highest BCUT2D eigenvalue weighted by molar-refractivity contribution is 7.89. The number of anilines is 2. The maximum absolute atomic E-state index is 12.4. The van der Waals surface area contributed by atoms with Crippen LogP contribution in [-0.4, -0.2) is 40.1 Å². The van der Waals surface area contributed by atoms with Crippen LogP contribution in [0.5, 0.6) is 0 Å². The van der Waals surface area contributed by atoms with Gasteiger partial charge in [-0.05, 0) is 42.0 Å². The van der Waals surface area contributed by atoms with Crippen LogP contribution in [0.4, 0.5) is 11.4 Å². The third kappa shape index (κ3) is 5.79. The van der Waals surface area contributed by atoms with Gasteiger partial charge in [-0.25, -0.2) is 13.1 Å². The van der Waals surface area contributed by atoms with Crippen molar-refractivity contribution in [3.63, 3.8) is 0 Å². The molecule has 2 rings (SSSR count). The Labute approximate surface area is 166 Å². The summed E-state index contributed by atoms with van der Waals surface area (Å²) >= 11 is 0. The molecule has 152 valence electrons. The Balaban J connectivity index is 2.00. The van der Waals surface area contributed by atoms with Crippen LogP contribution in [0, 0.1) is 5.92 Å². The van der Waals surface area contributed by atoms with Gasteiger partial charge < -0.3 is 15.3 Å². The quantitative estimate of drug-likeness (QED) is 0.626. The molecule has 0 aromatic heterocycles. The number of hydrogen-bond acceptors (Lipinski definition) is 5. The monoisotopic (exact) mass is 405 g/mol. The highest BCUT2D eigenvalue weighted by Crippen LogP contribution is 2.19. The summed E-state index contributed by atoms with van der Waals surface area (Å²) < 4.78 is 27.3. The highest BCUT2D eigenvalue weighted by atomic mass is 32.2. The Morgan fingerprint density at radius 3 is 2.11 bits per heavy atom. The number of rotatable bonds is 8. The van der Waals surface area contributed by atoms with Gasteiger partial charge in [0.2, 0.25) is 15.9 Å². The van der Waals surface area contributed by atoms with E-state index >= 15 is 0 Å². The van der Waals surface area contributed by atoms with Crippen molar-refractivity contribution in [1.82, 2.24) is 4.72 Å². The summed E-state index contributed by atoms with van der Waals surface area (Å²) in [7, 11) is 0.0541. The van der Waals surface area contributed by atoms with Crippen molar-refractivity contribution >= 4 is 27.3 Å². The number of carbonyl (C=O) groups is 1. The minimum absolute atomic E-state index is 0.0604. The molecule has 0 saturated heterocycles. The number of sulfonamides is 1. The predicted octanol–water partition coefficient (Wildman–Crippen LogP) is 2.36. The molecule has 0 radical (unpaired) electrons. The van der Waals surface area contributed by atoms with Crippen LogP contribution < -0.4 is 14.9 Å². The number of carbonyl (C=O) groups excluding carboxylic acids is 1. The van der Waals surface area contributed by atoms with E-state index in [1.165, 1.54) is 24.3 Å². The first-order chi connectivity index (χ1) is 13.1. The zero-order chi connectivity index (χ0) is 20.9. The summed E-state index contributed by atoms with van der Waals surface area (Å²) in [5.74, 6) is -0.310. The molecule has 2 aromatic rings. The number of benzene rings is 2. The number of aliphatic hydroxyl groups is 1. The van der Waals surface area contributed by atoms with Gasteiger partial charge in [0.1, 0.15) is 0 Å². The van der Waals surface area contributed by atoms with Crippen LogP contribution in [0.15, 0.2) is 53.4 Å². The van der Waals surface area contributed by atoms with Crippen molar-refractivity contribution in [1.29, 1.82) is 0 Å². The molecule has 0 bridgehead atoms. The number of amides is 1. The summed E-state index contributed by atoms with van der Waals surface area (Å²) in [5.41, 5.74) is 2.14. The third-order valence-electron chi connectivity index (χ3n) is 4.22. The lowest BCUT2D eigenvalue weighted by atomic mass is 10.1. The fourth-order valence-electron chi connectivity index (χ4n) is 2.39. The van der Waals surface area contributed by atoms with Crippen molar-refractivity contribution < 1.29 is 18.3 Å². The predicted molar refractivity (Wildman–Crippen MR) is 111 cm³/mol. The minimum atomic E-state index is -3.78. The highest BCUT2D eigenvalue weighted by Gasteiger charge is 2.17. The molecule has 0 spiro atoms. The molecule has 1 amide bonds. The van der Waals surface area contributed by atoms with Crippen LogP contribution in [0.3, 0.4) is 0 Å². The van der Waals surface area contributed by atoms with E-state index in [0.29, 0.717) is 11.3 Å². The Kier molecular flexibility index (Phi) is 7.17. The number of nitrogens with zero attached hydrogens (tertiary/aromatic N) is 1. The van der Waals surface area contributed by atoms with Gasteiger partial charge in [0.05, 0.1) is 11.0 Å². The molecule has 0 heterocycles. The van der Waals surface area contributed by atoms with Crippen LogP contribution in [0.2, 0.25) is 0 Å². The van der Waals surface area contributed by atoms with Crippen molar-refractivity contribution in [2.24, 2.45) is 5.92 Å². The average molecular weight is 406 g/mol. The third-order valence-corrected chi connectivity index (χ3v) is 5.66. The molecular formula is C20H27N3O4S. The van der Waals surface area contributed by atoms with E-state index in [9.17, 15) is 18.3 Å². The molecule has 7 nitrogen and oxygen atoms in total. The molecule has 1 atom stereocenters. The summed E-state index contributed by atoms with van der Waals surface area (Å²) in [6, 6.07) is 13.1. The average Bonchev–Trinajstić information content (AvgIpc) is 2.66. The lowest BCUT2D eigenvalue weighted by Crippen LogP contribution is -2.28. The second-order valence-electron chi connectivity index (χ2n) is 7.02. The second kappa shape index (κ2) is 9.18. The lowest BCUT2D eigenvalue weighted by Gasteiger charge is -2.16. The van der Waals surface area contributed by atoms with E-state index in [0.717, 1.165) is 5.69 Å². The van der Waals surface area contributed by atoms with Gasteiger partial charge in [0.25, 0.3) is 0 Å². The molecule has 28 heavy (non-hydrogen) atoms. The SMILES string of the molecule is CC(C)C(=O)Nc1ccc(S(=O)(=O)NCC(O)c2ccc(N(C)C)cc2)cc1. The molecule has 0 fully saturated rings. The first kappa shape index (κ1) is 21.9. The molecule has 0 aliphatic heterocycles.